The molecule has 158 valence electrons. The highest BCUT2D eigenvalue weighted by molar-refractivity contribution is 7.98. The van der Waals surface area contributed by atoms with Gasteiger partial charge in [-0.2, -0.15) is 0 Å². The zero-order valence-corrected chi connectivity index (χ0v) is 17.4. The predicted octanol–water partition coefficient (Wildman–Crippen LogP) is 3.47. The molecule has 0 saturated heterocycles. The highest BCUT2D eigenvalue weighted by Crippen LogP contribution is 2.33. The van der Waals surface area contributed by atoms with Gasteiger partial charge < -0.3 is 24.4 Å². The monoisotopic (exact) mass is 421 g/mol. The molecule has 8 heteroatoms. The molecule has 3 N–H and O–H groups in total. The number of amides is 1. The van der Waals surface area contributed by atoms with Crippen LogP contribution in [0.2, 0.25) is 0 Å². The lowest BCUT2D eigenvalue weighted by atomic mass is 10.0. The van der Waals surface area contributed by atoms with E-state index < -0.39 is 18.3 Å². The van der Waals surface area contributed by atoms with Crippen molar-refractivity contribution in [2.75, 3.05) is 38.5 Å². The van der Waals surface area contributed by atoms with Crippen LogP contribution in [0.1, 0.15) is 18.1 Å². The topological polar surface area (TPSA) is 97.2 Å². The van der Waals surface area contributed by atoms with E-state index in [1.165, 1.54) is 7.11 Å². The summed E-state index contributed by atoms with van der Waals surface area (Å²) in [4.78, 5) is 13.6. The summed E-state index contributed by atoms with van der Waals surface area (Å²) in [5.74, 6) is 0.476. The van der Waals surface area contributed by atoms with Crippen LogP contribution in [-0.4, -0.2) is 55.6 Å². The number of benzene rings is 2. The maximum Gasteiger partial charge on any atom is 0.412 e. The Bertz CT molecular complexity index is 755. The first-order valence-corrected chi connectivity index (χ1v) is 10.4. The third kappa shape index (κ3) is 6.93. The van der Waals surface area contributed by atoms with Crippen LogP contribution in [0.3, 0.4) is 0 Å². The van der Waals surface area contributed by atoms with Crippen LogP contribution in [0.15, 0.2) is 53.4 Å². The Morgan fingerprint density at radius 1 is 1.10 bits per heavy atom. The van der Waals surface area contributed by atoms with Crippen molar-refractivity contribution in [2.24, 2.45) is 0 Å². The summed E-state index contributed by atoms with van der Waals surface area (Å²) in [6.07, 6.45) is 0.203. The number of hydrogen-bond donors (Lipinski definition) is 3. The molecule has 0 bridgehead atoms. The Kier molecular flexibility index (Phi) is 9.79. The van der Waals surface area contributed by atoms with Crippen molar-refractivity contribution >= 4 is 23.5 Å². The average molecular weight is 422 g/mol. The molecule has 2 aromatic rings. The molecule has 0 aromatic heterocycles. The average Bonchev–Trinajstić information content (AvgIpc) is 2.75. The lowest BCUT2D eigenvalue weighted by molar-refractivity contribution is -0.0316. The number of thioether (sulfide) groups is 1. The largest absolute Gasteiger partial charge is 0.491 e. The molecule has 2 aromatic carbocycles. The summed E-state index contributed by atoms with van der Waals surface area (Å²) in [7, 11) is 1.49. The van der Waals surface area contributed by atoms with E-state index in [2.05, 4.69) is 5.32 Å². The summed E-state index contributed by atoms with van der Waals surface area (Å²) in [5, 5.41) is 21.2. The number of hydrogen-bond acceptors (Lipinski definition) is 7. The Morgan fingerprint density at radius 3 is 2.45 bits per heavy atom. The predicted molar refractivity (Wildman–Crippen MR) is 113 cm³/mol. The molecule has 7 nitrogen and oxygen atoms in total. The number of aliphatic hydroxyl groups is 2. The Labute approximate surface area is 175 Å². The molecule has 0 saturated carbocycles. The number of rotatable bonds is 11. The van der Waals surface area contributed by atoms with Crippen LogP contribution in [0.4, 0.5) is 10.5 Å². The number of methoxy groups -OCH3 is 1. The van der Waals surface area contributed by atoms with E-state index in [1.54, 1.807) is 48.2 Å². The first kappa shape index (κ1) is 23.0. The van der Waals surface area contributed by atoms with Gasteiger partial charge in [0.1, 0.15) is 18.5 Å². The van der Waals surface area contributed by atoms with Gasteiger partial charge in [0.05, 0.1) is 6.61 Å². The van der Waals surface area contributed by atoms with E-state index in [0.29, 0.717) is 17.0 Å². The number of ether oxygens (including phenoxy) is 3. The lowest BCUT2D eigenvalue weighted by Gasteiger charge is -2.27. The smallest absolute Gasteiger partial charge is 0.412 e. The maximum absolute atomic E-state index is 12.6. The summed E-state index contributed by atoms with van der Waals surface area (Å²) in [6, 6.07) is 14.5. The normalized spacial score (nSPS) is 12.8. The molecule has 0 unspecified atom stereocenters. The van der Waals surface area contributed by atoms with E-state index in [-0.39, 0.29) is 26.2 Å². The van der Waals surface area contributed by atoms with Crippen LogP contribution in [0.5, 0.6) is 5.75 Å². The van der Waals surface area contributed by atoms with E-state index in [0.717, 1.165) is 4.90 Å². The van der Waals surface area contributed by atoms with Gasteiger partial charge in [0.2, 0.25) is 0 Å². The zero-order valence-electron chi connectivity index (χ0n) is 16.5. The van der Waals surface area contributed by atoms with Gasteiger partial charge in [-0.15, -0.1) is 11.8 Å². The summed E-state index contributed by atoms with van der Waals surface area (Å²) >= 11 is 1.61. The molecule has 0 aliphatic carbocycles. The highest BCUT2D eigenvalue weighted by atomic mass is 32.2. The van der Waals surface area contributed by atoms with E-state index in [4.69, 9.17) is 19.3 Å². The Balaban J connectivity index is 2.22. The summed E-state index contributed by atoms with van der Waals surface area (Å²) in [6.45, 7) is -0.165. The second-order valence-electron chi connectivity index (χ2n) is 6.08. The second-order valence-corrected chi connectivity index (χ2v) is 6.96. The van der Waals surface area contributed by atoms with Gasteiger partial charge in [-0.05, 0) is 36.6 Å². The second kappa shape index (κ2) is 12.3. The van der Waals surface area contributed by atoms with Gasteiger partial charge in [0.25, 0.3) is 0 Å². The van der Waals surface area contributed by atoms with Crippen molar-refractivity contribution in [3.8, 4) is 5.75 Å². The van der Waals surface area contributed by atoms with Gasteiger partial charge in [-0.1, -0.05) is 18.2 Å². The van der Waals surface area contributed by atoms with Crippen LogP contribution < -0.4 is 10.1 Å². The molecule has 0 radical (unpaired) electrons. The molecule has 1 amide bonds. The molecule has 0 aliphatic rings. The van der Waals surface area contributed by atoms with Gasteiger partial charge in [-0.25, -0.2) is 4.79 Å². The molecular weight excluding hydrogens is 394 g/mol. The van der Waals surface area contributed by atoms with Gasteiger partial charge >= 0.3 is 6.09 Å². The summed E-state index contributed by atoms with van der Waals surface area (Å²) < 4.78 is 16.7. The molecule has 2 atom stereocenters. The zero-order chi connectivity index (χ0) is 21.1. The highest BCUT2D eigenvalue weighted by Gasteiger charge is 2.29. The van der Waals surface area contributed by atoms with Gasteiger partial charge in [0.15, 0.2) is 6.10 Å². The maximum atomic E-state index is 12.6. The fourth-order valence-electron chi connectivity index (χ4n) is 2.80. The molecule has 2 rings (SSSR count). The van der Waals surface area contributed by atoms with E-state index in [1.807, 2.05) is 18.4 Å². The van der Waals surface area contributed by atoms with Crippen molar-refractivity contribution < 1.29 is 29.2 Å². The first-order valence-electron chi connectivity index (χ1n) is 9.20. The fourth-order valence-corrected chi connectivity index (χ4v) is 3.21. The molecule has 29 heavy (non-hydrogen) atoms. The van der Waals surface area contributed by atoms with Crippen molar-refractivity contribution in [3.63, 3.8) is 0 Å². The van der Waals surface area contributed by atoms with E-state index >= 15 is 0 Å². The minimum absolute atomic E-state index is 0.107. The number of carbonyl (C=O) groups excluding carboxylic acids is 1. The Morgan fingerprint density at radius 2 is 1.83 bits per heavy atom. The van der Waals surface area contributed by atoms with Crippen LogP contribution in [-0.2, 0) is 9.47 Å². The number of carbonyl (C=O) groups is 1. The molecule has 0 heterocycles. The third-order valence-corrected chi connectivity index (χ3v) is 4.94. The van der Waals surface area contributed by atoms with Crippen LogP contribution in [0.25, 0.3) is 0 Å². The summed E-state index contributed by atoms with van der Waals surface area (Å²) in [5.41, 5.74) is 1.20. The van der Waals surface area contributed by atoms with Crippen molar-refractivity contribution in [1.82, 2.24) is 0 Å². The SMILES string of the molecule is CO[C@H](CCO)[C@H](OC(=O)Nc1ccc(SC)cc1)c1ccccc1OCCO. The number of nitrogens with one attached hydrogen (secondary N) is 1. The number of para-hydroxylation sites is 1. The van der Waals surface area contributed by atoms with Crippen molar-refractivity contribution in [2.45, 2.75) is 23.5 Å². The van der Waals surface area contributed by atoms with Gasteiger partial charge in [0, 0.05) is 36.3 Å². The number of anilines is 1. The van der Waals surface area contributed by atoms with Crippen LogP contribution in [0, 0.1) is 0 Å². The van der Waals surface area contributed by atoms with Crippen molar-refractivity contribution in [1.29, 1.82) is 0 Å². The minimum atomic E-state index is -0.812. The fraction of sp³-hybridized carbons (Fsp3) is 0.381. The molecule has 0 fully saturated rings. The number of aliphatic hydroxyl groups excluding tert-OH is 2. The van der Waals surface area contributed by atoms with Crippen molar-refractivity contribution in [3.05, 3.63) is 54.1 Å². The minimum Gasteiger partial charge on any atom is -0.491 e. The Hall–Kier alpha value is -2.26. The first-order chi connectivity index (χ1) is 14.1. The van der Waals surface area contributed by atoms with Gasteiger partial charge in [-0.3, -0.25) is 5.32 Å². The third-order valence-electron chi connectivity index (χ3n) is 4.20. The standard InChI is InChI=1S/C21H27NO6S/c1-26-19(11-12-23)20(17-5-3-4-6-18(17)27-14-13-24)28-21(25)22-15-7-9-16(29-2)10-8-15/h3-10,19-20,23-24H,11-14H2,1-2H3,(H,22,25)/t19-,20-/m1/s1. The van der Waals surface area contributed by atoms with Crippen LogP contribution >= 0.6 is 11.8 Å². The van der Waals surface area contributed by atoms with E-state index in [9.17, 15) is 9.90 Å². The molecule has 0 spiro atoms. The lowest BCUT2D eigenvalue weighted by Crippen LogP contribution is -2.29. The molecule has 0 aliphatic heterocycles. The quantitative estimate of drug-likeness (QED) is 0.478. The molecular formula is C21H27NO6S.